The van der Waals surface area contributed by atoms with Crippen LogP contribution in [0.4, 0.5) is 9.59 Å². The Morgan fingerprint density at radius 2 is 1.50 bits per heavy atom. The number of aliphatic carboxylic acids is 1. The summed E-state index contributed by atoms with van der Waals surface area (Å²) in [6.07, 6.45) is -1.01. The van der Waals surface area contributed by atoms with E-state index in [0.29, 0.717) is 17.5 Å². The molecule has 3 aromatic rings. The Hall–Kier alpha value is -5.72. The molecule has 1 aliphatic heterocycles. The zero-order valence-corrected chi connectivity index (χ0v) is 28.3. The molecule has 13 heteroatoms. The van der Waals surface area contributed by atoms with Gasteiger partial charge in [-0.15, -0.1) is 0 Å². The molecule has 0 bridgehead atoms. The largest absolute Gasteiger partial charge is 0.481 e. The Morgan fingerprint density at radius 1 is 0.880 bits per heavy atom. The van der Waals surface area contributed by atoms with Gasteiger partial charge in [-0.3, -0.25) is 25.1 Å². The van der Waals surface area contributed by atoms with E-state index in [1.807, 2.05) is 60.7 Å². The number of carboxylic acids is 1. The second kappa shape index (κ2) is 17.1. The van der Waals surface area contributed by atoms with Gasteiger partial charge in [-0.25, -0.2) is 9.59 Å². The molecular weight excluding hydrogens is 642 g/mol. The van der Waals surface area contributed by atoms with Crippen LogP contribution in [0.3, 0.4) is 0 Å². The van der Waals surface area contributed by atoms with Crippen molar-refractivity contribution in [3.05, 3.63) is 107 Å². The lowest BCUT2D eigenvalue weighted by atomic mass is 10.0. The summed E-state index contributed by atoms with van der Waals surface area (Å²) in [5, 5.41) is 25.8. The lowest BCUT2D eigenvalue weighted by Crippen LogP contribution is -2.54. The maximum absolute atomic E-state index is 13.9. The monoisotopic (exact) mass is 685 g/mol. The van der Waals surface area contributed by atoms with Crippen molar-refractivity contribution in [1.29, 1.82) is 5.41 Å². The van der Waals surface area contributed by atoms with E-state index in [9.17, 15) is 29.1 Å². The molecule has 0 spiro atoms. The first-order chi connectivity index (χ1) is 23.8. The number of rotatable bonds is 12. The summed E-state index contributed by atoms with van der Waals surface area (Å²) in [6, 6.07) is 22.9. The van der Waals surface area contributed by atoms with Gasteiger partial charge >= 0.3 is 18.2 Å². The number of alkyl carbamates (subject to hydrolysis) is 2. The zero-order chi connectivity index (χ0) is 36.3. The predicted octanol–water partition coefficient (Wildman–Crippen LogP) is 4.38. The summed E-state index contributed by atoms with van der Waals surface area (Å²) in [4.78, 5) is 65.5. The lowest BCUT2D eigenvalue weighted by Gasteiger charge is -2.29. The van der Waals surface area contributed by atoms with Crippen molar-refractivity contribution in [2.24, 2.45) is 5.92 Å². The Labute approximate surface area is 290 Å². The van der Waals surface area contributed by atoms with Crippen LogP contribution < -0.4 is 16.0 Å². The Balaban J connectivity index is 1.38. The number of likely N-dealkylation sites (tertiary alicyclic amines) is 1. The fourth-order valence-electron chi connectivity index (χ4n) is 5.40. The number of aryl methyl sites for hydroxylation is 1. The Morgan fingerprint density at radius 3 is 2.10 bits per heavy atom. The molecule has 1 fully saturated rings. The Bertz CT molecular complexity index is 1660. The molecule has 3 atom stereocenters. The number of nitrogens with zero attached hydrogens (tertiary/aromatic N) is 1. The highest BCUT2D eigenvalue weighted by atomic mass is 16.6. The smallest absolute Gasteiger partial charge is 0.413 e. The molecule has 13 nitrogen and oxygen atoms in total. The van der Waals surface area contributed by atoms with Crippen molar-refractivity contribution in [3.8, 4) is 0 Å². The summed E-state index contributed by atoms with van der Waals surface area (Å²) in [7, 11) is 0. The molecule has 0 aromatic heterocycles. The fourth-order valence-corrected chi connectivity index (χ4v) is 5.40. The summed E-state index contributed by atoms with van der Waals surface area (Å²) in [5.41, 5.74) is 2.01. The number of hydrogen-bond acceptors (Lipinski definition) is 8. The molecule has 4 rings (SSSR count). The van der Waals surface area contributed by atoms with Crippen LogP contribution >= 0.6 is 0 Å². The molecule has 0 saturated carbocycles. The summed E-state index contributed by atoms with van der Waals surface area (Å²) in [5.74, 6) is -3.38. The van der Waals surface area contributed by atoms with Gasteiger partial charge in [0.25, 0.3) is 0 Å². The highest BCUT2D eigenvalue weighted by molar-refractivity contribution is 6.04. The summed E-state index contributed by atoms with van der Waals surface area (Å²) < 4.78 is 10.6. The van der Waals surface area contributed by atoms with Gasteiger partial charge in [0.15, 0.2) is 0 Å². The third-order valence-corrected chi connectivity index (χ3v) is 7.94. The molecule has 3 aromatic carbocycles. The molecular formula is C37H43N5O8. The van der Waals surface area contributed by atoms with Gasteiger partial charge in [0.2, 0.25) is 11.8 Å². The summed E-state index contributed by atoms with van der Waals surface area (Å²) in [6.45, 7) is 5.02. The number of amidine groups is 1. The second-order valence-corrected chi connectivity index (χ2v) is 13.0. The van der Waals surface area contributed by atoms with Gasteiger partial charge < -0.3 is 30.1 Å². The lowest BCUT2D eigenvalue weighted by molar-refractivity contribution is -0.142. The minimum Gasteiger partial charge on any atom is -0.481 e. The first kappa shape index (κ1) is 37.1. The van der Waals surface area contributed by atoms with Gasteiger partial charge in [0, 0.05) is 18.7 Å². The third-order valence-electron chi connectivity index (χ3n) is 7.94. The van der Waals surface area contributed by atoms with Crippen molar-refractivity contribution >= 4 is 35.8 Å². The van der Waals surface area contributed by atoms with Crippen molar-refractivity contribution in [2.45, 2.75) is 70.9 Å². The van der Waals surface area contributed by atoms with Gasteiger partial charge in [-0.1, -0.05) is 84.9 Å². The molecule has 0 unspecified atom stereocenters. The number of nitrogens with one attached hydrogen (secondary N) is 4. The molecule has 0 radical (unpaired) electrons. The highest BCUT2D eigenvalue weighted by Crippen LogP contribution is 2.26. The molecule has 264 valence electrons. The van der Waals surface area contributed by atoms with E-state index < -0.39 is 53.6 Å². The Kier molecular flexibility index (Phi) is 12.7. The van der Waals surface area contributed by atoms with E-state index in [4.69, 9.17) is 14.9 Å². The van der Waals surface area contributed by atoms with Gasteiger partial charge in [-0.2, -0.15) is 0 Å². The third kappa shape index (κ3) is 11.2. The van der Waals surface area contributed by atoms with Gasteiger partial charge in [-0.05, 0) is 56.7 Å². The van der Waals surface area contributed by atoms with Crippen LogP contribution in [-0.4, -0.2) is 70.0 Å². The average molecular weight is 686 g/mol. The molecule has 1 heterocycles. The van der Waals surface area contributed by atoms with E-state index in [0.717, 1.165) is 11.1 Å². The summed E-state index contributed by atoms with van der Waals surface area (Å²) >= 11 is 0. The highest BCUT2D eigenvalue weighted by Gasteiger charge is 2.44. The maximum Gasteiger partial charge on any atom is 0.413 e. The minimum absolute atomic E-state index is 0.0584. The fraction of sp³-hybridized carbons (Fsp3) is 0.351. The molecule has 1 aliphatic rings. The number of carboxylic acid groups (broad SMARTS) is 1. The number of carbonyl (C=O) groups is 5. The van der Waals surface area contributed by atoms with E-state index in [1.54, 1.807) is 45.0 Å². The number of benzene rings is 3. The zero-order valence-electron chi connectivity index (χ0n) is 28.3. The molecule has 5 N–H and O–H groups in total. The first-order valence-corrected chi connectivity index (χ1v) is 16.3. The number of ether oxygens (including phenoxy) is 2. The van der Waals surface area contributed by atoms with Crippen molar-refractivity contribution in [1.82, 2.24) is 20.9 Å². The van der Waals surface area contributed by atoms with Crippen LogP contribution in [-0.2, 0) is 43.4 Å². The molecule has 4 amide bonds. The standard InChI is InChI=1S/C37H43N5O8/c1-37(2,3)50-36(48)40-29(19-16-24-10-6-4-7-11-24)33(44)42-22-28(34(45)46)20-30(42)32(43)39-21-25-14-17-27(18-15-25)31(38)41-35(47)49-23-26-12-8-5-9-13-26/h4-15,17-18,28-30H,16,19-23H2,1-3H3,(H,39,43)(H,40,48)(H,45,46)(H2,38,41,47)/t28-,29-,30+/m1/s1. The van der Waals surface area contributed by atoms with E-state index in [2.05, 4.69) is 16.0 Å². The predicted molar refractivity (Wildman–Crippen MR) is 184 cm³/mol. The number of amides is 4. The SMILES string of the molecule is CC(C)(C)OC(=O)N[C@H](CCc1ccccc1)C(=O)N1C[C@H](C(=O)O)C[C@H]1C(=O)NCc1ccc(C(=N)NC(=O)OCc2ccccc2)cc1. The van der Waals surface area contributed by atoms with E-state index >= 15 is 0 Å². The van der Waals surface area contributed by atoms with Crippen molar-refractivity contribution < 1.29 is 38.6 Å². The average Bonchev–Trinajstić information content (AvgIpc) is 3.54. The minimum atomic E-state index is -1.13. The number of hydrogen-bond donors (Lipinski definition) is 5. The van der Waals surface area contributed by atoms with Gasteiger partial charge in [0.1, 0.15) is 30.1 Å². The topological polar surface area (TPSA) is 187 Å². The normalized spacial score (nSPS) is 16.1. The van der Waals surface area contributed by atoms with E-state index in [-0.39, 0.29) is 38.4 Å². The second-order valence-electron chi connectivity index (χ2n) is 13.0. The van der Waals surface area contributed by atoms with Crippen molar-refractivity contribution in [2.75, 3.05) is 6.54 Å². The van der Waals surface area contributed by atoms with Gasteiger partial charge in [0.05, 0.1) is 5.92 Å². The van der Waals surface area contributed by atoms with Crippen LogP contribution in [0.5, 0.6) is 0 Å². The van der Waals surface area contributed by atoms with Crippen LogP contribution in [0.1, 0.15) is 55.9 Å². The maximum atomic E-state index is 13.9. The first-order valence-electron chi connectivity index (χ1n) is 16.3. The molecule has 50 heavy (non-hydrogen) atoms. The van der Waals surface area contributed by atoms with Crippen LogP contribution in [0.25, 0.3) is 0 Å². The quantitative estimate of drug-likeness (QED) is 0.137. The van der Waals surface area contributed by atoms with E-state index in [1.165, 1.54) is 4.90 Å². The molecule has 1 saturated heterocycles. The van der Waals surface area contributed by atoms with Crippen LogP contribution in [0.2, 0.25) is 0 Å². The van der Waals surface area contributed by atoms with Crippen molar-refractivity contribution in [3.63, 3.8) is 0 Å². The van der Waals surface area contributed by atoms with Crippen LogP contribution in [0, 0.1) is 11.3 Å². The van der Waals surface area contributed by atoms with Crippen LogP contribution in [0.15, 0.2) is 84.9 Å². The number of carbonyl (C=O) groups excluding carboxylic acids is 4. The molecule has 0 aliphatic carbocycles.